The fraction of sp³-hybridized carbons (Fsp3) is 0.275. The van der Waals surface area contributed by atoms with E-state index in [0.29, 0.717) is 23.8 Å². The van der Waals surface area contributed by atoms with E-state index in [0.717, 1.165) is 48.3 Å². The van der Waals surface area contributed by atoms with Gasteiger partial charge in [0, 0.05) is 19.6 Å². The van der Waals surface area contributed by atoms with Crippen molar-refractivity contribution in [2.45, 2.75) is 60.6 Å². The van der Waals surface area contributed by atoms with Crippen LogP contribution in [-0.2, 0) is 72.6 Å². The topological polar surface area (TPSA) is 250 Å². The number of benzene rings is 4. The van der Waals surface area contributed by atoms with Crippen molar-refractivity contribution >= 4 is 31.8 Å². The van der Waals surface area contributed by atoms with Gasteiger partial charge in [-0.15, -0.1) is 37.9 Å². The van der Waals surface area contributed by atoms with Crippen LogP contribution in [0.3, 0.4) is 0 Å². The minimum absolute atomic E-state index is 0. The Balaban J connectivity index is -0.00000123. The molecule has 0 bridgehead atoms. The molecule has 15 nitrogen and oxygen atoms in total. The molecule has 0 amide bonds. The molecule has 0 spiro atoms. The van der Waals surface area contributed by atoms with Crippen molar-refractivity contribution in [3.8, 4) is 0 Å². The number of nitrogens with one attached hydrogen (secondary N) is 1. The predicted octanol–water partition coefficient (Wildman–Crippen LogP) is 12.2. The summed E-state index contributed by atoms with van der Waals surface area (Å²) < 4.78 is 374. The maximum Gasteiger partial charge on any atom is 3.00 e. The maximum atomic E-state index is 14.4. The van der Waals surface area contributed by atoms with Crippen molar-refractivity contribution in [2.24, 2.45) is 5.73 Å². The summed E-state index contributed by atoms with van der Waals surface area (Å²) in [7, 11) is -9.33. The molecule has 1 fully saturated rings. The van der Waals surface area contributed by atoms with Crippen LogP contribution in [0, 0.1) is 90.2 Å². The van der Waals surface area contributed by atoms with E-state index in [1.165, 1.54) is 12.1 Å². The Labute approximate surface area is 562 Å². The number of hydrogen-bond donors (Lipinski definition) is 3. The number of pyridine rings is 2. The van der Waals surface area contributed by atoms with Crippen molar-refractivity contribution in [2.75, 3.05) is 26.2 Å². The van der Waals surface area contributed by atoms with Crippen LogP contribution < -0.4 is 11.1 Å². The average molecular weight is 1630 g/mol. The first-order chi connectivity index (χ1) is 43.0. The van der Waals surface area contributed by atoms with Gasteiger partial charge in [-0.25, -0.2) is 17.6 Å². The van der Waals surface area contributed by atoms with E-state index in [4.69, 9.17) is 43.6 Å². The van der Waals surface area contributed by atoms with Gasteiger partial charge < -0.3 is 60.4 Å². The summed E-state index contributed by atoms with van der Waals surface area (Å²) in [6.45, 7) is -11.0. The van der Waals surface area contributed by atoms with Gasteiger partial charge in [-0.05, 0) is 95.8 Å². The van der Waals surface area contributed by atoms with E-state index >= 15 is 0 Å². The second kappa shape index (κ2) is 44.5. The Morgan fingerprint density at radius 2 is 0.789 bits per heavy atom. The Morgan fingerprint density at radius 1 is 0.495 bits per heavy atom. The minimum Gasteiger partial charge on any atom is -0.385 e. The van der Waals surface area contributed by atoms with E-state index in [-0.39, 0.29) is 95.4 Å². The summed E-state index contributed by atoms with van der Waals surface area (Å²) >= 11 is 0. The van der Waals surface area contributed by atoms with Gasteiger partial charge in [-0.3, -0.25) is 9.97 Å². The third-order valence-electron chi connectivity index (χ3n) is 10.9. The van der Waals surface area contributed by atoms with Crippen LogP contribution in [-0.4, -0.2) is 104 Å². The number of nitrogens with zero attached hydrogens (tertiary/aromatic N) is 2. The van der Waals surface area contributed by atoms with Crippen LogP contribution >= 0.6 is 0 Å². The van der Waals surface area contributed by atoms with Crippen LogP contribution in [0.1, 0.15) is 44.8 Å². The number of nitrogens with two attached hydrogens (primary N) is 1. The zero-order valence-electron chi connectivity index (χ0n) is 46.0. The van der Waals surface area contributed by atoms with Gasteiger partial charge in [0.1, 0.15) is 23.3 Å². The predicted molar refractivity (Wildman–Crippen MR) is 272 cm³/mol. The number of ether oxygens (including phenoxy) is 1. The first-order valence-corrected chi connectivity index (χ1v) is 26.8. The zero-order chi connectivity index (χ0) is 73.2. The molecule has 1 unspecified atom stereocenters. The number of aliphatic hydroxyl groups excluding tert-OH is 1. The molecule has 1 aliphatic heterocycles. The summed E-state index contributed by atoms with van der Waals surface area (Å²) in [5, 5.41) is 11.8. The van der Waals surface area contributed by atoms with Gasteiger partial charge in [-0.1, -0.05) is 60.7 Å². The molecular weight excluding hydrogens is 1590 g/mol. The second-order valence-electron chi connectivity index (χ2n) is 17.2. The first-order valence-electron chi connectivity index (χ1n) is 23.8. The third-order valence-corrected chi connectivity index (χ3v) is 10.9. The van der Waals surface area contributed by atoms with Crippen molar-refractivity contribution < 1.29 is 204 Å². The number of alkyl halides is 12. The standard InChI is InChI=1S/C24H20F8N2O.C21H17F5N2.C3H3F3O.3CF3.3O3S.Yb/c25-18-6-7-20(34-12-18)22(11-15-4-2-1-3-5-15,14-33-13-21(35)24(30,31)32)16-8-17(23(27,28)29)10-19(26)9-16;22-17-6-7-19(28-12-17)20(13-27,11-14-4-2-1-3-5-14)15-8-16(21(24,25)26)10-18(23)9-15;4-3(5,6)2-1-7-2;3*2-1(3)4;3*1-4(2)3;/h1-10,12,21,33,35H,11,13-14H2;1-10,12H,11,13,27H2;2H,1H2;;;;;;;/q;;;3*-1;;;;+3/t21-,22-;20-;;;;;;;;/m11......../s1. The summed E-state index contributed by atoms with van der Waals surface area (Å²) in [4.78, 5) is 8.04. The van der Waals surface area contributed by atoms with Gasteiger partial charge >= 0.3 is 103 Å². The molecule has 537 valence electrons. The molecule has 1 saturated heterocycles. The number of epoxide rings is 1. The molecule has 1 aliphatic rings. The van der Waals surface area contributed by atoms with Crippen LogP contribution in [0.25, 0.3) is 0 Å². The number of halogens is 25. The van der Waals surface area contributed by atoms with E-state index in [2.05, 4.69) is 20.0 Å². The van der Waals surface area contributed by atoms with Crippen LogP contribution in [0.5, 0.6) is 0 Å². The smallest absolute Gasteiger partial charge is 0.385 e. The van der Waals surface area contributed by atoms with Crippen molar-refractivity contribution in [3.63, 3.8) is 0 Å². The Bertz CT molecular complexity index is 3420. The van der Waals surface area contributed by atoms with E-state index < -0.39 is 147 Å². The van der Waals surface area contributed by atoms with Gasteiger partial charge in [0.2, 0.25) is 0 Å². The van der Waals surface area contributed by atoms with Gasteiger partial charge in [0.25, 0.3) is 0 Å². The summed E-state index contributed by atoms with van der Waals surface area (Å²) in [5.41, 5.74) is 2.06. The average Bonchev–Trinajstić information content (AvgIpc) is 1.48. The van der Waals surface area contributed by atoms with E-state index in [9.17, 15) is 115 Å². The van der Waals surface area contributed by atoms with E-state index in [1.54, 1.807) is 60.7 Å². The zero-order valence-corrected chi connectivity index (χ0v) is 50.2. The number of rotatable bonds is 13. The second-order valence-corrected chi connectivity index (χ2v) is 18.4. The molecule has 1 radical (unpaired) electrons. The summed E-state index contributed by atoms with van der Waals surface area (Å²) in [5.74, 6) is -3.59. The molecule has 2 aromatic heterocycles. The minimum atomic E-state index is -4.94. The van der Waals surface area contributed by atoms with Gasteiger partial charge in [0.05, 0.1) is 52.3 Å². The molecule has 95 heavy (non-hydrogen) atoms. The normalized spacial score (nSPS) is 13.8. The van der Waals surface area contributed by atoms with Gasteiger partial charge in [-0.2, -0.15) is 52.7 Å². The monoisotopic (exact) mass is 1630 g/mol. The molecule has 7 rings (SSSR count). The largest absolute Gasteiger partial charge is 3.00 e. The van der Waals surface area contributed by atoms with Gasteiger partial charge in [0.15, 0.2) is 32.2 Å². The van der Waals surface area contributed by atoms with Crippen LogP contribution in [0.2, 0.25) is 0 Å². The number of aliphatic hydroxyl groups is 1. The van der Waals surface area contributed by atoms with E-state index in [1.807, 2.05) is 0 Å². The maximum absolute atomic E-state index is 14.4. The first kappa shape index (κ1) is 92.8. The fourth-order valence-electron chi connectivity index (χ4n) is 7.27. The number of aromatic nitrogens is 2. The molecule has 4 aromatic carbocycles. The molecule has 44 heteroatoms. The Morgan fingerprint density at radius 3 is 1.04 bits per heavy atom. The summed E-state index contributed by atoms with van der Waals surface area (Å²) in [6, 6.07) is 26.0. The fourth-order valence-corrected chi connectivity index (χ4v) is 7.27. The molecule has 3 heterocycles. The molecule has 4 atom stereocenters. The molecule has 4 N–H and O–H groups in total. The van der Waals surface area contributed by atoms with Crippen molar-refractivity contribution in [1.29, 1.82) is 0 Å². The molecular formula is C51H40F25N4O11S3Yb. The SMILES string of the molecule is FC(F)(F)C1CO1.F[C-](F)F.F[C-](F)F.F[C-](F)F.NC[C@](Cc1ccccc1)(c1cc(F)cc(C(F)(F)F)c1)c1ccc(F)cn1.O=S(=O)=O.O=S(=O)=O.O=S(=O)=O.O[C@H](CNC[C@](Cc1ccccc1)(c1cc(F)cc(C(F)(F)F)c1)c1ccc(F)cn1)C(F)(F)F.[Yb+3]. The molecule has 6 aromatic rings. The Hall–Kier alpha value is -6.35. The molecule has 0 aliphatic carbocycles. The quantitative estimate of drug-likeness (QED) is 0.0552. The summed E-state index contributed by atoms with van der Waals surface area (Å²) in [6.07, 6.45) is -21.1. The van der Waals surface area contributed by atoms with Crippen LogP contribution in [0.15, 0.2) is 134 Å². The third kappa shape index (κ3) is 41.4. The van der Waals surface area contributed by atoms with Crippen molar-refractivity contribution in [3.05, 3.63) is 222 Å². The Kier molecular flexibility index (Phi) is 43.5. The van der Waals surface area contributed by atoms with Crippen molar-refractivity contribution in [1.82, 2.24) is 15.3 Å². The van der Waals surface area contributed by atoms with Crippen LogP contribution in [0.4, 0.5) is 110 Å². The molecule has 0 saturated carbocycles. The number of hydrogen-bond acceptors (Lipinski definition) is 15.